The van der Waals surface area contributed by atoms with Gasteiger partial charge in [0, 0.05) is 0 Å². The topological polar surface area (TPSA) is 238 Å². The SMILES string of the molecule is CC[C@H](C)[C@H](NC(=O)[C@H](C)N)C(=O)N[C@H](C(=O)N[C@@H](C)C(=O)N[C@@H](CC(C)C)C(=O)N[C@@H](C)C(=O)N[C@@H](C)C(=O)O)c1ccccc1. The molecule has 0 spiro atoms. The van der Waals surface area contributed by atoms with Gasteiger partial charge in [0.2, 0.25) is 35.4 Å². The van der Waals surface area contributed by atoms with Gasteiger partial charge in [0.1, 0.15) is 36.3 Å². The van der Waals surface area contributed by atoms with Gasteiger partial charge in [-0.25, -0.2) is 0 Å². The molecular weight excluding hydrogens is 610 g/mol. The van der Waals surface area contributed by atoms with Gasteiger partial charge in [0.05, 0.1) is 6.04 Å². The van der Waals surface area contributed by atoms with E-state index in [2.05, 4.69) is 31.9 Å². The summed E-state index contributed by atoms with van der Waals surface area (Å²) >= 11 is 0. The van der Waals surface area contributed by atoms with Crippen molar-refractivity contribution in [1.29, 1.82) is 0 Å². The van der Waals surface area contributed by atoms with Crippen molar-refractivity contribution < 1.29 is 38.7 Å². The number of nitrogens with one attached hydrogen (secondary N) is 6. The van der Waals surface area contributed by atoms with Crippen molar-refractivity contribution in [2.24, 2.45) is 17.6 Å². The van der Waals surface area contributed by atoms with Crippen LogP contribution in [0.1, 0.15) is 79.8 Å². The molecule has 0 aromatic heterocycles. The minimum absolute atomic E-state index is 0.0500. The molecule has 15 heteroatoms. The summed E-state index contributed by atoms with van der Waals surface area (Å²) in [6.07, 6.45) is 0.748. The standard InChI is InChI=1S/C32H51N7O8/c1-9-17(4)24(38-26(40)18(5)33)30(44)39-25(22-13-11-10-12-14-22)31(45)35-20(7)28(42)37-23(15-16(2)3)29(43)34-19(6)27(41)36-21(8)32(46)47/h10-14,16-21,23-25H,9,15,33H2,1-8H3,(H,34,43)(H,35,45)(H,36,41)(H,37,42)(H,38,40)(H,39,44)(H,46,47)/t17-,18-,19-,20-,21-,23-,24-,25-/m0/s1. The Kier molecular flexibility index (Phi) is 16.5. The summed E-state index contributed by atoms with van der Waals surface area (Å²) < 4.78 is 0. The highest BCUT2D eigenvalue weighted by Crippen LogP contribution is 2.16. The molecule has 0 aliphatic heterocycles. The molecule has 0 aliphatic carbocycles. The van der Waals surface area contributed by atoms with Gasteiger partial charge in [-0.2, -0.15) is 0 Å². The maximum Gasteiger partial charge on any atom is 0.325 e. The number of hydrogen-bond acceptors (Lipinski definition) is 8. The van der Waals surface area contributed by atoms with Crippen molar-refractivity contribution in [3.8, 4) is 0 Å². The lowest BCUT2D eigenvalue weighted by Crippen LogP contribution is -2.58. The van der Waals surface area contributed by atoms with Crippen molar-refractivity contribution in [1.82, 2.24) is 31.9 Å². The summed E-state index contributed by atoms with van der Waals surface area (Å²) in [5.41, 5.74) is 6.11. The van der Waals surface area contributed by atoms with Crippen LogP contribution in [0.25, 0.3) is 0 Å². The van der Waals surface area contributed by atoms with Gasteiger partial charge in [-0.05, 0) is 51.5 Å². The predicted octanol–water partition coefficient (Wildman–Crippen LogP) is -0.148. The summed E-state index contributed by atoms with van der Waals surface area (Å²) in [5, 5.41) is 24.3. The molecule has 0 unspecified atom stereocenters. The Morgan fingerprint density at radius 1 is 0.638 bits per heavy atom. The van der Waals surface area contributed by atoms with Crippen LogP contribution in [0.5, 0.6) is 0 Å². The number of nitrogens with two attached hydrogens (primary N) is 1. The molecule has 6 amide bonds. The molecule has 0 aliphatic rings. The van der Waals surface area contributed by atoms with Gasteiger partial charge in [-0.15, -0.1) is 0 Å². The molecule has 8 atom stereocenters. The second kappa shape index (κ2) is 19.2. The normalized spacial score (nSPS) is 16.1. The second-order valence-corrected chi connectivity index (χ2v) is 12.2. The van der Waals surface area contributed by atoms with Crippen molar-refractivity contribution >= 4 is 41.4 Å². The predicted molar refractivity (Wildman–Crippen MR) is 174 cm³/mol. The Morgan fingerprint density at radius 2 is 1.15 bits per heavy atom. The van der Waals surface area contributed by atoms with E-state index in [0.717, 1.165) is 0 Å². The van der Waals surface area contributed by atoms with E-state index >= 15 is 0 Å². The fourth-order valence-corrected chi connectivity index (χ4v) is 4.31. The van der Waals surface area contributed by atoms with Gasteiger partial charge in [-0.3, -0.25) is 33.6 Å². The lowest BCUT2D eigenvalue weighted by atomic mass is 9.96. The number of carboxylic acid groups (broad SMARTS) is 1. The molecule has 47 heavy (non-hydrogen) atoms. The molecule has 1 aromatic rings. The van der Waals surface area contributed by atoms with Crippen molar-refractivity contribution in [2.75, 3.05) is 0 Å². The van der Waals surface area contributed by atoms with Crippen molar-refractivity contribution in [3.63, 3.8) is 0 Å². The van der Waals surface area contributed by atoms with E-state index in [-0.39, 0.29) is 18.3 Å². The quantitative estimate of drug-likeness (QED) is 0.104. The fraction of sp³-hybridized carbons (Fsp3) is 0.594. The molecule has 0 bridgehead atoms. The Hall–Kier alpha value is -4.53. The van der Waals surface area contributed by atoms with E-state index in [0.29, 0.717) is 12.0 Å². The monoisotopic (exact) mass is 661 g/mol. The maximum atomic E-state index is 13.6. The van der Waals surface area contributed by atoms with Crippen LogP contribution in [0, 0.1) is 11.8 Å². The molecule has 262 valence electrons. The first-order valence-corrected chi connectivity index (χ1v) is 15.7. The summed E-state index contributed by atoms with van der Waals surface area (Å²) in [7, 11) is 0. The second-order valence-electron chi connectivity index (χ2n) is 12.2. The van der Waals surface area contributed by atoms with E-state index in [4.69, 9.17) is 10.8 Å². The van der Waals surface area contributed by atoms with Gasteiger partial charge in [-0.1, -0.05) is 64.4 Å². The number of rotatable bonds is 18. The van der Waals surface area contributed by atoms with E-state index in [9.17, 15) is 33.6 Å². The first kappa shape index (κ1) is 40.5. The van der Waals surface area contributed by atoms with Crippen molar-refractivity contribution in [3.05, 3.63) is 35.9 Å². The molecule has 0 saturated carbocycles. The Balaban J connectivity index is 3.11. The first-order chi connectivity index (χ1) is 21.9. The molecule has 0 heterocycles. The van der Waals surface area contributed by atoms with E-state index in [1.165, 1.54) is 27.7 Å². The van der Waals surface area contributed by atoms with E-state index in [1.54, 1.807) is 37.3 Å². The number of benzene rings is 1. The van der Waals surface area contributed by atoms with Gasteiger partial charge in [0.25, 0.3) is 0 Å². The average molecular weight is 662 g/mol. The average Bonchev–Trinajstić information content (AvgIpc) is 3.01. The van der Waals surface area contributed by atoms with Crippen LogP contribution >= 0.6 is 0 Å². The van der Waals surface area contributed by atoms with Crippen LogP contribution in [0.4, 0.5) is 0 Å². The summed E-state index contributed by atoms with van der Waals surface area (Å²) in [4.78, 5) is 89.0. The highest BCUT2D eigenvalue weighted by Gasteiger charge is 2.33. The minimum atomic E-state index is -1.24. The van der Waals surface area contributed by atoms with Gasteiger partial charge >= 0.3 is 5.97 Å². The molecule has 1 rings (SSSR count). The zero-order valence-electron chi connectivity index (χ0n) is 28.4. The third-order valence-corrected chi connectivity index (χ3v) is 7.46. The first-order valence-electron chi connectivity index (χ1n) is 15.7. The molecule has 15 nitrogen and oxygen atoms in total. The highest BCUT2D eigenvalue weighted by molar-refractivity contribution is 5.97. The van der Waals surface area contributed by atoms with Crippen LogP contribution in [0.3, 0.4) is 0 Å². The largest absolute Gasteiger partial charge is 0.480 e. The lowest BCUT2D eigenvalue weighted by molar-refractivity contribution is -0.141. The summed E-state index contributed by atoms with van der Waals surface area (Å²) in [6.45, 7) is 12.9. The number of hydrogen-bond donors (Lipinski definition) is 8. The smallest absolute Gasteiger partial charge is 0.325 e. The molecule has 0 radical (unpaired) electrons. The molecule has 1 aromatic carbocycles. The van der Waals surface area contributed by atoms with E-state index in [1.807, 2.05) is 20.8 Å². The zero-order valence-corrected chi connectivity index (χ0v) is 28.4. The van der Waals surface area contributed by atoms with Gasteiger partial charge < -0.3 is 42.7 Å². The van der Waals surface area contributed by atoms with Crippen LogP contribution in [0.15, 0.2) is 30.3 Å². The van der Waals surface area contributed by atoms with Gasteiger partial charge in [0.15, 0.2) is 0 Å². The highest BCUT2D eigenvalue weighted by atomic mass is 16.4. The third kappa shape index (κ3) is 13.4. The zero-order chi connectivity index (χ0) is 36.0. The number of aliphatic carboxylic acids is 1. The van der Waals surface area contributed by atoms with Crippen LogP contribution in [-0.4, -0.2) is 82.8 Å². The Labute approximate surface area is 275 Å². The number of carbonyl (C=O) groups is 7. The Bertz CT molecular complexity index is 1260. The number of carboxylic acids is 1. The Morgan fingerprint density at radius 3 is 1.64 bits per heavy atom. The van der Waals surface area contributed by atoms with Crippen LogP contribution < -0.4 is 37.6 Å². The molecule has 0 fully saturated rings. The maximum absolute atomic E-state index is 13.6. The minimum Gasteiger partial charge on any atom is -0.480 e. The summed E-state index contributed by atoms with van der Waals surface area (Å²) in [5.74, 6) is -5.52. The van der Waals surface area contributed by atoms with E-state index < -0.39 is 83.7 Å². The van der Waals surface area contributed by atoms with Crippen LogP contribution in [-0.2, 0) is 33.6 Å². The molecule has 9 N–H and O–H groups in total. The number of amides is 6. The fourth-order valence-electron chi connectivity index (χ4n) is 4.31. The molecule has 0 saturated heterocycles. The van der Waals surface area contributed by atoms with Crippen molar-refractivity contribution in [2.45, 2.75) is 111 Å². The van der Waals surface area contributed by atoms with Crippen LogP contribution in [0.2, 0.25) is 0 Å². The molecular formula is C32H51N7O8. The third-order valence-electron chi connectivity index (χ3n) is 7.46. The number of carbonyl (C=O) groups excluding carboxylic acids is 6. The lowest BCUT2D eigenvalue weighted by Gasteiger charge is -2.28. The summed E-state index contributed by atoms with van der Waals surface area (Å²) in [6, 6.07) is 0.778.